The molecule has 0 spiro atoms. The number of ether oxygens (including phenoxy) is 1. The van der Waals surface area contributed by atoms with Crippen LogP contribution in [-0.2, 0) is 4.79 Å². The van der Waals surface area contributed by atoms with E-state index in [2.05, 4.69) is 10.3 Å². The average molecular weight is 491 g/mol. The number of methoxy groups -OCH3 is 1. The molecule has 0 unspecified atom stereocenters. The molecule has 0 fully saturated rings. The van der Waals surface area contributed by atoms with Crippen LogP contribution in [0.2, 0.25) is 0 Å². The molecule has 178 valence electrons. The van der Waals surface area contributed by atoms with E-state index in [1.54, 1.807) is 28.8 Å². The molecule has 10 heteroatoms. The molecule has 0 aliphatic rings. The van der Waals surface area contributed by atoms with E-state index in [1.807, 2.05) is 37.3 Å². The number of amides is 1. The molecule has 35 heavy (non-hydrogen) atoms. The van der Waals surface area contributed by atoms with E-state index < -0.39 is 10.8 Å². The molecule has 0 saturated heterocycles. The molecular formula is C25H22N4O5S. The van der Waals surface area contributed by atoms with Crippen molar-refractivity contribution in [1.29, 1.82) is 0 Å². The topological polar surface area (TPSA) is 116 Å². The molecule has 1 aromatic heterocycles. The number of nitro groups is 1. The molecule has 0 radical (unpaired) electrons. The number of aromatic nitrogens is 2. The van der Waals surface area contributed by atoms with Gasteiger partial charge in [0.05, 0.1) is 40.8 Å². The lowest BCUT2D eigenvalue weighted by Gasteiger charge is -2.20. The van der Waals surface area contributed by atoms with Crippen LogP contribution in [0.25, 0.3) is 10.9 Å². The van der Waals surface area contributed by atoms with Gasteiger partial charge in [0.15, 0.2) is 5.16 Å². The number of anilines is 1. The number of para-hydroxylation sites is 1. The Morgan fingerprint density at radius 2 is 1.86 bits per heavy atom. The first-order valence-corrected chi connectivity index (χ1v) is 11.7. The highest BCUT2D eigenvalue weighted by molar-refractivity contribution is 7.99. The molecule has 9 nitrogen and oxygen atoms in total. The largest absolute Gasteiger partial charge is 0.496 e. The van der Waals surface area contributed by atoms with Crippen LogP contribution < -0.4 is 15.6 Å². The van der Waals surface area contributed by atoms with Crippen LogP contribution in [0.1, 0.15) is 18.5 Å². The highest BCUT2D eigenvalue weighted by atomic mass is 32.2. The summed E-state index contributed by atoms with van der Waals surface area (Å²) in [5.74, 6) is -0.261. The number of carbonyl (C=O) groups excluding carboxylic acids is 1. The number of nitrogens with zero attached hydrogens (tertiary/aromatic N) is 3. The second kappa shape index (κ2) is 10.4. The van der Waals surface area contributed by atoms with Gasteiger partial charge in [-0.3, -0.25) is 24.3 Å². The van der Waals surface area contributed by atoms with Gasteiger partial charge in [0.1, 0.15) is 11.4 Å². The van der Waals surface area contributed by atoms with Crippen molar-refractivity contribution < 1.29 is 14.5 Å². The summed E-state index contributed by atoms with van der Waals surface area (Å²) in [6.07, 6.45) is 0. The van der Waals surface area contributed by atoms with E-state index in [-0.39, 0.29) is 28.7 Å². The van der Waals surface area contributed by atoms with Crippen molar-refractivity contribution in [2.75, 3.05) is 18.2 Å². The Hall–Kier alpha value is -4.18. The number of nitrogens with one attached hydrogen (secondary N) is 1. The van der Waals surface area contributed by atoms with Gasteiger partial charge in [0.2, 0.25) is 5.91 Å². The van der Waals surface area contributed by atoms with E-state index in [1.165, 1.54) is 25.3 Å². The zero-order valence-corrected chi connectivity index (χ0v) is 19.8. The monoisotopic (exact) mass is 490 g/mol. The van der Waals surface area contributed by atoms with Gasteiger partial charge in [-0.05, 0) is 36.8 Å². The molecule has 4 aromatic rings. The van der Waals surface area contributed by atoms with Gasteiger partial charge < -0.3 is 10.1 Å². The normalized spacial score (nSPS) is 11.7. The van der Waals surface area contributed by atoms with E-state index >= 15 is 0 Å². The third-order valence-electron chi connectivity index (χ3n) is 5.45. The molecule has 0 saturated carbocycles. The summed E-state index contributed by atoms with van der Waals surface area (Å²) in [6, 6.07) is 20.5. The Bertz CT molecular complexity index is 1460. The van der Waals surface area contributed by atoms with E-state index in [0.29, 0.717) is 21.8 Å². The maximum atomic E-state index is 13.4. The van der Waals surface area contributed by atoms with Gasteiger partial charge in [0, 0.05) is 0 Å². The van der Waals surface area contributed by atoms with Crippen LogP contribution in [0.15, 0.2) is 82.7 Å². The van der Waals surface area contributed by atoms with E-state index in [9.17, 15) is 19.7 Å². The minimum atomic E-state index is -0.588. The number of carbonyl (C=O) groups is 1. The molecule has 0 aliphatic carbocycles. The first-order valence-electron chi connectivity index (χ1n) is 10.7. The van der Waals surface area contributed by atoms with E-state index in [0.717, 1.165) is 17.3 Å². The maximum absolute atomic E-state index is 13.4. The first kappa shape index (κ1) is 24.0. The summed E-state index contributed by atoms with van der Waals surface area (Å²) < 4.78 is 6.60. The second-order valence-corrected chi connectivity index (χ2v) is 8.59. The Kier molecular flexibility index (Phi) is 7.11. The molecule has 4 rings (SSSR count). The van der Waals surface area contributed by atoms with Crippen molar-refractivity contribution in [2.45, 2.75) is 18.1 Å². The number of nitro benzene ring substituents is 1. The lowest BCUT2D eigenvalue weighted by Crippen LogP contribution is -2.27. The van der Waals surface area contributed by atoms with Gasteiger partial charge in [-0.15, -0.1) is 0 Å². The maximum Gasteiger partial charge on any atom is 0.296 e. The molecule has 1 N–H and O–H groups in total. The lowest BCUT2D eigenvalue weighted by molar-refractivity contribution is -0.384. The van der Waals surface area contributed by atoms with E-state index in [4.69, 9.17) is 4.74 Å². The zero-order chi connectivity index (χ0) is 24.9. The summed E-state index contributed by atoms with van der Waals surface area (Å²) in [7, 11) is 1.40. The Labute approximate surface area is 204 Å². The predicted octanol–water partition coefficient (Wildman–Crippen LogP) is 4.65. The van der Waals surface area contributed by atoms with Crippen molar-refractivity contribution in [3.63, 3.8) is 0 Å². The SMILES string of the molecule is COc1ccc(NC(=O)CSc2nc3ccccc3c(=O)n2[C@@H](C)c2ccccc2)c([N+](=O)[O-])c1. The average Bonchev–Trinajstić information content (AvgIpc) is 2.88. The molecule has 1 heterocycles. The summed E-state index contributed by atoms with van der Waals surface area (Å²) in [4.78, 5) is 41.6. The number of hydrogen-bond donors (Lipinski definition) is 1. The summed E-state index contributed by atoms with van der Waals surface area (Å²) in [5.41, 5.74) is 1.03. The summed E-state index contributed by atoms with van der Waals surface area (Å²) in [6.45, 7) is 1.90. The Morgan fingerprint density at radius 3 is 2.57 bits per heavy atom. The predicted molar refractivity (Wildman–Crippen MR) is 135 cm³/mol. The number of rotatable bonds is 8. The van der Waals surface area contributed by atoms with Crippen LogP contribution in [-0.4, -0.2) is 33.2 Å². The van der Waals surface area contributed by atoms with Gasteiger partial charge in [-0.2, -0.15) is 0 Å². The Balaban J connectivity index is 1.64. The van der Waals surface area contributed by atoms with Crippen LogP contribution in [0.3, 0.4) is 0 Å². The second-order valence-electron chi connectivity index (χ2n) is 7.65. The van der Waals surface area contributed by atoms with Crippen molar-refractivity contribution in [3.8, 4) is 5.75 Å². The van der Waals surface area contributed by atoms with Crippen LogP contribution in [0.5, 0.6) is 5.75 Å². The summed E-state index contributed by atoms with van der Waals surface area (Å²) >= 11 is 1.09. The molecule has 0 bridgehead atoms. The molecule has 0 aliphatic heterocycles. The smallest absolute Gasteiger partial charge is 0.296 e. The minimum absolute atomic E-state index is 0.0583. The number of fused-ring (bicyclic) bond motifs is 1. The van der Waals surface area contributed by atoms with Crippen molar-refractivity contribution >= 4 is 39.9 Å². The fraction of sp³-hybridized carbons (Fsp3) is 0.160. The van der Waals surface area contributed by atoms with Gasteiger partial charge >= 0.3 is 0 Å². The van der Waals surface area contributed by atoms with Gasteiger partial charge in [0.25, 0.3) is 11.2 Å². The standard InChI is InChI=1S/C25H22N4O5S/c1-16(17-8-4-3-5-9-17)28-24(31)19-10-6-7-11-20(19)27-25(28)35-15-23(30)26-21-13-12-18(34-2)14-22(21)29(32)33/h3-14,16H,15H2,1-2H3,(H,26,30)/t16-/m0/s1. The molecule has 1 atom stereocenters. The Morgan fingerprint density at radius 1 is 1.14 bits per heavy atom. The van der Waals surface area contributed by atoms with Crippen molar-refractivity contribution in [2.24, 2.45) is 0 Å². The number of benzene rings is 3. The van der Waals surface area contributed by atoms with Crippen LogP contribution in [0, 0.1) is 10.1 Å². The third kappa shape index (κ3) is 5.17. The summed E-state index contributed by atoms with van der Waals surface area (Å²) in [5, 5.41) is 14.8. The molecule has 1 amide bonds. The quantitative estimate of drug-likeness (QED) is 0.165. The fourth-order valence-corrected chi connectivity index (χ4v) is 4.54. The molecular weight excluding hydrogens is 468 g/mol. The lowest BCUT2D eigenvalue weighted by atomic mass is 10.1. The highest BCUT2D eigenvalue weighted by Crippen LogP contribution is 2.30. The van der Waals surface area contributed by atoms with Gasteiger partial charge in [-0.25, -0.2) is 4.98 Å². The third-order valence-corrected chi connectivity index (χ3v) is 6.41. The van der Waals surface area contributed by atoms with Gasteiger partial charge in [-0.1, -0.05) is 54.2 Å². The first-order chi connectivity index (χ1) is 16.9. The minimum Gasteiger partial charge on any atom is -0.496 e. The fourth-order valence-electron chi connectivity index (χ4n) is 3.66. The highest BCUT2D eigenvalue weighted by Gasteiger charge is 2.21. The van der Waals surface area contributed by atoms with Crippen LogP contribution in [0.4, 0.5) is 11.4 Å². The van der Waals surface area contributed by atoms with Crippen LogP contribution >= 0.6 is 11.8 Å². The number of hydrogen-bond acceptors (Lipinski definition) is 7. The zero-order valence-electron chi connectivity index (χ0n) is 19.0. The molecule has 3 aromatic carbocycles. The van der Waals surface area contributed by atoms with Crippen molar-refractivity contribution in [3.05, 3.63) is 98.8 Å². The number of thioether (sulfide) groups is 1. The van der Waals surface area contributed by atoms with Crippen molar-refractivity contribution in [1.82, 2.24) is 9.55 Å².